The van der Waals surface area contributed by atoms with E-state index in [1.165, 1.54) is 0 Å². The molecule has 0 aromatic heterocycles. The molecule has 21 heavy (non-hydrogen) atoms. The van der Waals surface area contributed by atoms with Gasteiger partial charge in [0.25, 0.3) is 10.1 Å². The van der Waals surface area contributed by atoms with Crippen molar-refractivity contribution in [3.63, 3.8) is 0 Å². The van der Waals surface area contributed by atoms with E-state index in [0.717, 1.165) is 6.54 Å². The Morgan fingerprint density at radius 1 is 1.33 bits per heavy atom. The average Bonchev–Trinajstić information content (AvgIpc) is 2.23. The summed E-state index contributed by atoms with van der Waals surface area (Å²) in [5.41, 5.74) is -0.486. The highest BCUT2D eigenvalue weighted by Crippen LogP contribution is 2.14. The van der Waals surface area contributed by atoms with Gasteiger partial charge in [0.1, 0.15) is 5.60 Å². The number of amides is 1. The van der Waals surface area contributed by atoms with Crippen LogP contribution in [0.4, 0.5) is 4.79 Å². The second-order valence-electron chi connectivity index (χ2n) is 6.01. The third kappa shape index (κ3) is 10.5. The molecule has 1 saturated heterocycles. The Morgan fingerprint density at radius 2 is 1.81 bits per heavy atom. The van der Waals surface area contributed by atoms with Crippen molar-refractivity contribution in [2.75, 3.05) is 39.5 Å². The molecule has 0 aromatic carbocycles. The topological polar surface area (TPSA) is 107 Å². The fourth-order valence-corrected chi connectivity index (χ4v) is 1.73. The van der Waals surface area contributed by atoms with Gasteiger partial charge in [-0.25, -0.2) is 4.79 Å². The van der Waals surface area contributed by atoms with Crippen LogP contribution >= 0.6 is 0 Å². The van der Waals surface area contributed by atoms with E-state index in [1.54, 1.807) is 4.90 Å². The van der Waals surface area contributed by atoms with Crippen LogP contribution in [0.25, 0.3) is 0 Å². The van der Waals surface area contributed by atoms with E-state index < -0.39 is 15.7 Å². The summed E-state index contributed by atoms with van der Waals surface area (Å²) in [5, 5.41) is 9.25. The quantitative estimate of drug-likeness (QED) is 0.655. The lowest BCUT2D eigenvalue weighted by Crippen LogP contribution is -2.56. The van der Waals surface area contributed by atoms with Gasteiger partial charge in [-0.2, -0.15) is 8.42 Å². The van der Waals surface area contributed by atoms with Gasteiger partial charge in [0.2, 0.25) is 0 Å². The molecule has 0 spiro atoms. The van der Waals surface area contributed by atoms with Gasteiger partial charge in [-0.15, -0.1) is 0 Å². The number of hydrogen-bond donors (Lipinski definition) is 2. The van der Waals surface area contributed by atoms with E-state index in [9.17, 15) is 18.3 Å². The summed E-state index contributed by atoms with van der Waals surface area (Å²) >= 11 is 0. The Morgan fingerprint density at radius 3 is 2.19 bits per heavy atom. The van der Waals surface area contributed by atoms with Crippen molar-refractivity contribution >= 4 is 16.2 Å². The molecule has 0 radical (unpaired) electrons. The SMILES string of the molecule is CN1CCN(C(=O)OC(C)(C)C)C(CO)C1.CS(=O)(=O)O. The maximum Gasteiger partial charge on any atom is 0.410 e. The molecule has 1 heterocycles. The first-order chi connectivity index (χ1) is 9.33. The molecule has 8 nitrogen and oxygen atoms in total. The van der Waals surface area contributed by atoms with Crippen LogP contribution in [0.15, 0.2) is 0 Å². The van der Waals surface area contributed by atoms with Crippen LogP contribution in [0.3, 0.4) is 0 Å². The smallest absolute Gasteiger partial charge is 0.410 e. The lowest BCUT2D eigenvalue weighted by atomic mass is 10.2. The third-order valence-electron chi connectivity index (χ3n) is 2.52. The molecule has 1 fully saturated rings. The summed E-state index contributed by atoms with van der Waals surface area (Å²) in [4.78, 5) is 15.6. The van der Waals surface area contributed by atoms with Gasteiger partial charge in [-0.1, -0.05) is 0 Å². The van der Waals surface area contributed by atoms with Crippen LogP contribution in [0, 0.1) is 0 Å². The molecule has 1 aliphatic rings. The lowest BCUT2D eigenvalue weighted by molar-refractivity contribution is -0.00809. The first-order valence-corrected chi connectivity index (χ1v) is 8.40. The van der Waals surface area contributed by atoms with Gasteiger partial charge >= 0.3 is 6.09 Å². The predicted octanol–water partition coefficient (Wildman–Crippen LogP) is 0.0338. The Balaban J connectivity index is 0.000000690. The molecule has 1 rings (SSSR count). The van der Waals surface area contributed by atoms with Gasteiger partial charge < -0.3 is 19.6 Å². The highest BCUT2D eigenvalue weighted by molar-refractivity contribution is 7.85. The number of likely N-dealkylation sites (N-methyl/N-ethyl adjacent to an activating group) is 1. The van der Waals surface area contributed by atoms with Crippen LogP contribution in [-0.4, -0.2) is 85.2 Å². The molecule has 0 bridgehead atoms. The fourth-order valence-electron chi connectivity index (χ4n) is 1.73. The molecular weight excluding hydrogens is 300 g/mol. The minimum atomic E-state index is -3.67. The predicted molar refractivity (Wildman–Crippen MR) is 78.8 cm³/mol. The van der Waals surface area contributed by atoms with Gasteiger partial charge in [-0.05, 0) is 27.8 Å². The van der Waals surface area contributed by atoms with E-state index in [-0.39, 0.29) is 18.7 Å². The number of piperazine rings is 1. The van der Waals surface area contributed by atoms with Crippen LogP contribution in [0.2, 0.25) is 0 Å². The molecular formula is C12H26N2O6S. The summed E-state index contributed by atoms with van der Waals surface area (Å²) < 4.78 is 31.2. The van der Waals surface area contributed by atoms with E-state index in [4.69, 9.17) is 9.29 Å². The summed E-state index contributed by atoms with van der Waals surface area (Å²) in [6.45, 7) is 7.62. The van der Waals surface area contributed by atoms with Crippen molar-refractivity contribution in [3.05, 3.63) is 0 Å². The van der Waals surface area contributed by atoms with Gasteiger partial charge in [-0.3, -0.25) is 4.55 Å². The van der Waals surface area contributed by atoms with Crippen LogP contribution in [-0.2, 0) is 14.9 Å². The van der Waals surface area contributed by atoms with E-state index in [2.05, 4.69) is 4.90 Å². The number of carbonyl (C=O) groups is 1. The van der Waals surface area contributed by atoms with E-state index in [0.29, 0.717) is 19.3 Å². The second-order valence-corrected chi connectivity index (χ2v) is 7.47. The van der Waals surface area contributed by atoms with Crippen LogP contribution in [0.5, 0.6) is 0 Å². The largest absolute Gasteiger partial charge is 0.444 e. The number of ether oxygens (including phenoxy) is 1. The second kappa shape index (κ2) is 7.92. The molecule has 0 aliphatic carbocycles. The van der Waals surface area contributed by atoms with Gasteiger partial charge in [0.15, 0.2) is 0 Å². The summed E-state index contributed by atoms with van der Waals surface area (Å²) in [7, 11) is -1.69. The number of carbonyl (C=O) groups excluding carboxylic acids is 1. The van der Waals surface area contributed by atoms with Crippen molar-refractivity contribution in [2.45, 2.75) is 32.4 Å². The summed E-state index contributed by atoms with van der Waals surface area (Å²) in [6, 6.07) is -0.159. The number of aliphatic hydroxyl groups is 1. The van der Waals surface area contributed by atoms with Crippen molar-refractivity contribution in [3.8, 4) is 0 Å². The van der Waals surface area contributed by atoms with E-state index >= 15 is 0 Å². The zero-order valence-corrected chi connectivity index (χ0v) is 14.1. The Labute approximate surface area is 126 Å². The monoisotopic (exact) mass is 326 g/mol. The molecule has 1 atom stereocenters. The maximum absolute atomic E-state index is 11.9. The first kappa shape index (κ1) is 20.1. The molecule has 0 saturated carbocycles. The Kier molecular flexibility index (Phi) is 7.58. The maximum atomic E-state index is 11.9. The molecule has 2 N–H and O–H groups in total. The molecule has 9 heteroatoms. The molecule has 1 unspecified atom stereocenters. The van der Waals surface area contributed by atoms with Crippen molar-refractivity contribution in [2.24, 2.45) is 0 Å². The third-order valence-corrected chi connectivity index (χ3v) is 2.52. The molecule has 0 aromatic rings. The lowest BCUT2D eigenvalue weighted by Gasteiger charge is -2.39. The van der Waals surface area contributed by atoms with Crippen molar-refractivity contribution in [1.29, 1.82) is 0 Å². The van der Waals surface area contributed by atoms with E-state index in [1.807, 2.05) is 27.8 Å². The Bertz CT molecular complexity index is 424. The highest BCUT2D eigenvalue weighted by atomic mass is 32.2. The minimum absolute atomic E-state index is 0.0242. The normalized spacial score (nSPS) is 20.5. The number of hydrogen-bond acceptors (Lipinski definition) is 6. The standard InChI is InChI=1S/C11H22N2O3.CH4O3S/c1-11(2,3)16-10(15)13-6-5-12(4)7-9(13)8-14;1-5(2,3)4/h9,14H,5-8H2,1-4H3;1H3,(H,2,3,4). The number of nitrogens with zero attached hydrogens (tertiary/aromatic N) is 2. The van der Waals surface area contributed by atoms with Gasteiger partial charge in [0, 0.05) is 19.6 Å². The van der Waals surface area contributed by atoms with Crippen LogP contribution < -0.4 is 0 Å². The van der Waals surface area contributed by atoms with Crippen molar-refractivity contribution in [1.82, 2.24) is 9.80 Å². The molecule has 126 valence electrons. The average molecular weight is 326 g/mol. The zero-order valence-electron chi connectivity index (χ0n) is 13.2. The zero-order chi connectivity index (χ0) is 16.8. The van der Waals surface area contributed by atoms with Gasteiger partial charge in [0.05, 0.1) is 18.9 Å². The van der Waals surface area contributed by atoms with Crippen molar-refractivity contribution < 1.29 is 27.6 Å². The Hall–Kier alpha value is -0.900. The fraction of sp³-hybridized carbons (Fsp3) is 0.917. The van der Waals surface area contributed by atoms with Crippen LogP contribution in [0.1, 0.15) is 20.8 Å². The summed E-state index contributed by atoms with van der Waals surface area (Å²) in [6.07, 6.45) is 0.382. The number of rotatable bonds is 1. The minimum Gasteiger partial charge on any atom is -0.444 e. The summed E-state index contributed by atoms with van der Waals surface area (Å²) in [5.74, 6) is 0. The molecule has 1 aliphatic heterocycles. The first-order valence-electron chi connectivity index (χ1n) is 6.55. The molecule has 1 amide bonds. The highest BCUT2D eigenvalue weighted by Gasteiger charge is 2.31. The number of aliphatic hydroxyl groups excluding tert-OH is 1.